The van der Waals surface area contributed by atoms with Crippen LogP contribution in [0.2, 0.25) is 5.02 Å². The molecule has 4 aromatic rings. The first-order chi connectivity index (χ1) is 14.4. The second-order valence-electron chi connectivity index (χ2n) is 7.25. The molecule has 0 bridgehead atoms. The number of oxazole rings is 1. The van der Waals surface area contributed by atoms with E-state index in [1.807, 2.05) is 51.1 Å². The third-order valence-electron chi connectivity index (χ3n) is 4.75. The Morgan fingerprint density at radius 1 is 1.07 bits per heavy atom. The fourth-order valence-corrected chi connectivity index (χ4v) is 3.61. The van der Waals surface area contributed by atoms with E-state index in [1.54, 1.807) is 18.2 Å². The average Bonchev–Trinajstić information content (AvgIpc) is 3.12. The van der Waals surface area contributed by atoms with Crippen molar-refractivity contribution in [2.24, 2.45) is 0 Å². The zero-order valence-electron chi connectivity index (χ0n) is 17.0. The number of halogens is 1. The molecule has 1 N–H and O–H groups in total. The quantitative estimate of drug-likeness (QED) is 0.424. The third-order valence-corrected chi connectivity index (χ3v) is 5.04. The van der Waals surface area contributed by atoms with Crippen LogP contribution in [0, 0.1) is 20.8 Å². The van der Waals surface area contributed by atoms with Gasteiger partial charge in [0, 0.05) is 11.3 Å². The topological polar surface area (TPSA) is 64.4 Å². The number of hydrogen-bond donors (Lipinski definition) is 1. The van der Waals surface area contributed by atoms with Gasteiger partial charge in [-0.1, -0.05) is 29.8 Å². The molecule has 6 heteroatoms. The molecule has 0 radical (unpaired) electrons. The van der Waals surface area contributed by atoms with Crippen molar-refractivity contribution in [1.82, 2.24) is 4.98 Å². The highest BCUT2D eigenvalue weighted by atomic mass is 35.5. The highest BCUT2D eigenvalue weighted by Crippen LogP contribution is 2.29. The second-order valence-corrected chi connectivity index (χ2v) is 7.66. The molecule has 0 saturated heterocycles. The van der Waals surface area contributed by atoms with Gasteiger partial charge in [0.05, 0.1) is 5.02 Å². The highest BCUT2D eigenvalue weighted by Gasteiger charge is 2.12. The number of para-hydroxylation sites is 1. The summed E-state index contributed by atoms with van der Waals surface area (Å²) in [7, 11) is 0. The molecule has 1 aromatic heterocycles. The van der Waals surface area contributed by atoms with Crippen molar-refractivity contribution in [1.29, 1.82) is 0 Å². The first kappa shape index (κ1) is 20.0. The molecular formula is C24H21ClN2O3. The maximum Gasteiger partial charge on any atom is 0.262 e. The summed E-state index contributed by atoms with van der Waals surface area (Å²) < 4.78 is 11.5. The van der Waals surface area contributed by atoms with Gasteiger partial charge in [-0.25, -0.2) is 4.98 Å². The SMILES string of the molecule is Cc1cc(C)c2oc(-c3ccc(NC(=O)COc4c(C)cccc4Cl)cc3)nc2c1. The van der Waals surface area contributed by atoms with E-state index in [0.29, 0.717) is 22.4 Å². The Bertz CT molecular complexity index is 1210. The minimum atomic E-state index is -0.268. The van der Waals surface area contributed by atoms with Crippen LogP contribution in [0.15, 0.2) is 59.0 Å². The Hall–Kier alpha value is -3.31. The van der Waals surface area contributed by atoms with Crippen LogP contribution in [-0.2, 0) is 4.79 Å². The van der Waals surface area contributed by atoms with Crippen LogP contribution in [0.3, 0.4) is 0 Å². The number of nitrogens with zero attached hydrogens (tertiary/aromatic N) is 1. The van der Waals surface area contributed by atoms with Crippen LogP contribution >= 0.6 is 11.6 Å². The Morgan fingerprint density at radius 2 is 1.83 bits per heavy atom. The number of ether oxygens (including phenoxy) is 1. The zero-order chi connectivity index (χ0) is 21.3. The van der Waals surface area contributed by atoms with Gasteiger partial charge in [0.2, 0.25) is 5.89 Å². The Balaban J connectivity index is 1.43. The minimum Gasteiger partial charge on any atom is -0.482 e. The first-order valence-electron chi connectivity index (χ1n) is 9.57. The highest BCUT2D eigenvalue weighted by molar-refractivity contribution is 6.32. The molecule has 0 fully saturated rings. The van der Waals surface area contributed by atoms with E-state index in [-0.39, 0.29) is 12.5 Å². The molecule has 0 atom stereocenters. The lowest BCUT2D eigenvalue weighted by molar-refractivity contribution is -0.118. The molecule has 0 unspecified atom stereocenters. The van der Waals surface area contributed by atoms with Gasteiger partial charge in [0.1, 0.15) is 11.3 Å². The lowest BCUT2D eigenvalue weighted by atomic mass is 10.1. The van der Waals surface area contributed by atoms with Crippen LogP contribution in [0.1, 0.15) is 16.7 Å². The summed E-state index contributed by atoms with van der Waals surface area (Å²) in [5.74, 6) is 0.801. The lowest BCUT2D eigenvalue weighted by Crippen LogP contribution is -2.20. The van der Waals surface area contributed by atoms with Crippen molar-refractivity contribution in [3.05, 3.63) is 76.3 Å². The first-order valence-corrected chi connectivity index (χ1v) is 9.94. The van der Waals surface area contributed by atoms with Crippen LogP contribution in [0.25, 0.3) is 22.6 Å². The molecule has 1 amide bonds. The fraction of sp³-hybridized carbons (Fsp3) is 0.167. The predicted molar refractivity (Wildman–Crippen MR) is 119 cm³/mol. The number of aromatic nitrogens is 1. The van der Waals surface area contributed by atoms with E-state index in [2.05, 4.69) is 16.4 Å². The molecule has 0 spiro atoms. The van der Waals surface area contributed by atoms with E-state index in [4.69, 9.17) is 20.8 Å². The third kappa shape index (κ3) is 4.16. The van der Waals surface area contributed by atoms with Gasteiger partial charge < -0.3 is 14.5 Å². The molecule has 152 valence electrons. The van der Waals surface area contributed by atoms with E-state index >= 15 is 0 Å². The standard InChI is InChI=1S/C24H21ClN2O3/c1-14-11-16(3)23-20(12-14)27-24(30-23)17-7-9-18(10-8-17)26-21(28)13-29-22-15(2)5-4-6-19(22)25/h4-12H,13H2,1-3H3,(H,26,28). The van der Waals surface area contributed by atoms with Crippen molar-refractivity contribution < 1.29 is 13.9 Å². The molecule has 3 aromatic carbocycles. The number of nitrogens with one attached hydrogen (secondary N) is 1. The summed E-state index contributed by atoms with van der Waals surface area (Å²) in [6.45, 7) is 5.80. The van der Waals surface area contributed by atoms with Crippen molar-refractivity contribution in [2.75, 3.05) is 11.9 Å². The van der Waals surface area contributed by atoms with Gasteiger partial charge >= 0.3 is 0 Å². The number of carbonyl (C=O) groups is 1. The van der Waals surface area contributed by atoms with Crippen molar-refractivity contribution in [3.63, 3.8) is 0 Å². The second kappa shape index (κ2) is 8.20. The number of amides is 1. The zero-order valence-corrected chi connectivity index (χ0v) is 17.7. The van der Waals surface area contributed by atoms with Crippen LogP contribution in [0.4, 0.5) is 5.69 Å². The summed E-state index contributed by atoms with van der Waals surface area (Å²) in [4.78, 5) is 16.8. The van der Waals surface area contributed by atoms with E-state index < -0.39 is 0 Å². The summed E-state index contributed by atoms with van der Waals surface area (Å²) in [5, 5.41) is 3.30. The molecular weight excluding hydrogens is 400 g/mol. The molecule has 0 saturated carbocycles. The van der Waals surface area contributed by atoms with E-state index in [1.165, 1.54) is 0 Å². The Morgan fingerprint density at radius 3 is 2.57 bits per heavy atom. The van der Waals surface area contributed by atoms with Crippen LogP contribution in [-0.4, -0.2) is 17.5 Å². The summed E-state index contributed by atoms with van der Waals surface area (Å²) in [6.07, 6.45) is 0. The van der Waals surface area contributed by atoms with Gasteiger partial charge in [0.25, 0.3) is 5.91 Å². The number of rotatable bonds is 5. The summed E-state index contributed by atoms with van der Waals surface area (Å²) in [5.41, 5.74) is 6.21. The number of hydrogen-bond acceptors (Lipinski definition) is 4. The van der Waals surface area contributed by atoms with Gasteiger partial charge in [0.15, 0.2) is 12.2 Å². The number of anilines is 1. The number of benzene rings is 3. The molecule has 0 aliphatic rings. The van der Waals surface area contributed by atoms with Crippen LogP contribution in [0.5, 0.6) is 5.75 Å². The predicted octanol–water partition coefficient (Wildman–Crippen LogP) is 6.09. The van der Waals surface area contributed by atoms with E-state index in [0.717, 1.165) is 33.4 Å². The molecule has 0 aliphatic heterocycles. The van der Waals surface area contributed by atoms with Crippen molar-refractivity contribution >= 4 is 34.3 Å². The average molecular weight is 421 g/mol. The van der Waals surface area contributed by atoms with Gasteiger partial charge in [-0.2, -0.15) is 0 Å². The van der Waals surface area contributed by atoms with E-state index in [9.17, 15) is 4.79 Å². The smallest absolute Gasteiger partial charge is 0.262 e. The van der Waals surface area contributed by atoms with Gasteiger partial charge in [-0.3, -0.25) is 4.79 Å². The van der Waals surface area contributed by atoms with Gasteiger partial charge in [-0.05, 0) is 73.9 Å². The molecule has 1 heterocycles. The monoisotopic (exact) mass is 420 g/mol. The van der Waals surface area contributed by atoms with Crippen molar-refractivity contribution in [2.45, 2.75) is 20.8 Å². The van der Waals surface area contributed by atoms with Crippen LogP contribution < -0.4 is 10.1 Å². The fourth-order valence-electron chi connectivity index (χ4n) is 3.33. The Labute approximate surface area is 179 Å². The number of carbonyl (C=O) groups excluding carboxylic acids is 1. The minimum absolute atomic E-state index is 0.129. The normalized spacial score (nSPS) is 10.9. The summed E-state index contributed by atoms with van der Waals surface area (Å²) >= 11 is 6.12. The molecule has 5 nitrogen and oxygen atoms in total. The molecule has 4 rings (SSSR count). The number of aryl methyl sites for hydroxylation is 3. The summed E-state index contributed by atoms with van der Waals surface area (Å²) in [6, 6.07) is 16.9. The maximum absolute atomic E-state index is 12.2. The molecule has 0 aliphatic carbocycles. The molecule has 30 heavy (non-hydrogen) atoms. The van der Waals surface area contributed by atoms with Crippen molar-refractivity contribution in [3.8, 4) is 17.2 Å². The number of fused-ring (bicyclic) bond motifs is 1. The maximum atomic E-state index is 12.2. The largest absolute Gasteiger partial charge is 0.482 e. The Kier molecular flexibility index (Phi) is 5.46. The van der Waals surface area contributed by atoms with Gasteiger partial charge in [-0.15, -0.1) is 0 Å². The lowest BCUT2D eigenvalue weighted by Gasteiger charge is -2.11.